The highest BCUT2D eigenvalue weighted by atomic mass is 15.2. The zero-order valence-electron chi connectivity index (χ0n) is 12.8. The van der Waals surface area contributed by atoms with Crippen molar-refractivity contribution in [1.82, 2.24) is 14.7 Å². The maximum atomic E-state index is 6.61. The molecule has 1 saturated carbocycles. The Morgan fingerprint density at radius 2 is 2.32 bits per heavy atom. The Bertz CT molecular complexity index is 412. The van der Waals surface area contributed by atoms with E-state index in [0.29, 0.717) is 0 Å². The Kier molecular flexibility index (Phi) is 4.31. The topological polar surface area (TPSA) is 47.1 Å². The summed E-state index contributed by atoms with van der Waals surface area (Å²) in [6.45, 7) is 2.36. The maximum Gasteiger partial charge on any atom is 0.0522 e. The van der Waals surface area contributed by atoms with Crippen LogP contribution < -0.4 is 5.73 Å². The fraction of sp³-hybridized carbons (Fsp3) is 0.800. The van der Waals surface area contributed by atoms with Gasteiger partial charge in [0.05, 0.1) is 6.20 Å². The molecule has 1 aliphatic carbocycles. The Labute approximate surface area is 117 Å². The summed E-state index contributed by atoms with van der Waals surface area (Å²) in [6.07, 6.45) is 9.99. The molecule has 0 bridgehead atoms. The number of rotatable bonds is 4. The van der Waals surface area contributed by atoms with E-state index in [1.54, 1.807) is 0 Å². The average Bonchev–Trinajstić information content (AvgIpc) is 2.74. The van der Waals surface area contributed by atoms with E-state index < -0.39 is 0 Å². The molecule has 108 valence electrons. The lowest BCUT2D eigenvalue weighted by Gasteiger charge is -2.49. The highest BCUT2D eigenvalue weighted by Crippen LogP contribution is 2.38. The quantitative estimate of drug-likeness (QED) is 0.902. The Morgan fingerprint density at radius 3 is 2.84 bits per heavy atom. The first kappa shape index (κ1) is 14.5. The molecule has 3 atom stereocenters. The number of hydrogen-bond donors (Lipinski definition) is 1. The minimum absolute atomic E-state index is 0.146. The summed E-state index contributed by atoms with van der Waals surface area (Å²) < 4.78 is 1.86. The fourth-order valence-corrected chi connectivity index (χ4v) is 3.66. The SMILES string of the molecule is CC1CCCC(C(N)Cc2cnn(C)c2)(N(C)C)C1. The molecule has 1 fully saturated rings. The normalized spacial score (nSPS) is 29.7. The first-order valence-corrected chi connectivity index (χ1v) is 7.34. The monoisotopic (exact) mass is 264 g/mol. The summed E-state index contributed by atoms with van der Waals surface area (Å²) in [7, 11) is 6.32. The van der Waals surface area contributed by atoms with Crippen molar-refractivity contribution in [3.8, 4) is 0 Å². The van der Waals surface area contributed by atoms with Gasteiger partial charge in [0.2, 0.25) is 0 Å². The van der Waals surface area contributed by atoms with Gasteiger partial charge in [-0.05, 0) is 44.8 Å². The van der Waals surface area contributed by atoms with Gasteiger partial charge in [-0.15, -0.1) is 0 Å². The van der Waals surface area contributed by atoms with E-state index in [0.717, 1.165) is 12.3 Å². The number of nitrogens with zero attached hydrogens (tertiary/aromatic N) is 3. The molecule has 2 rings (SSSR count). The minimum Gasteiger partial charge on any atom is -0.326 e. The van der Waals surface area contributed by atoms with Crippen LogP contribution in [0.2, 0.25) is 0 Å². The van der Waals surface area contributed by atoms with Gasteiger partial charge in [-0.25, -0.2) is 0 Å². The predicted octanol–water partition coefficient (Wildman–Crippen LogP) is 1.80. The molecule has 0 aromatic carbocycles. The highest BCUT2D eigenvalue weighted by Gasteiger charge is 2.41. The molecule has 2 N–H and O–H groups in total. The lowest BCUT2D eigenvalue weighted by Crippen LogP contribution is -2.60. The summed E-state index contributed by atoms with van der Waals surface area (Å²) in [6, 6.07) is 0.175. The van der Waals surface area contributed by atoms with Gasteiger partial charge in [-0.2, -0.15) is 5.10 Å². The van der Waals surface area contributed by atoms with Crippen molar-refractivity contribution in [2.24, 2.45) is 18.7 Å². The third-order valence-electron chi connectivity index (χ3n) is 4.80. The third kappa shape index (κ3) is 3.00. The molecule has 0 aliphatic heterocycles. The van der Waals surface area contributed by atoms with Crippen LogP contribution >= 0.6 is 0 Å². The lowest BCUT2D eigenvalue weighted by molar-refractivity contribution is 0.0504. The van der Waals surface area contributed by atoms with Crippen molar-refractivity contribution in [3.63, 3.8) is 0 Å². The van der Waals surface area contributed by atoms with Crippen LogP contribution in [0.5, 0.6) is 0 Å². The predicted molar refractivity (Wildman–Crippen MR) is 78.9 cm³/mol. The number of hydrogen-bond acceptors (Lipinski definition) is 3. The summed E-state index contributed by atoms with van der Waals surface area (Å²) in [5.41, 5.74) is 8.00. The third-order valence-corrected chi connectivity index (χ3v) is 4.80. The second-order valence-electron chi connectivity index (χ2n) is 6.53. The lowest BCUT2D eigenvalue weighted by atomic mass is 9.70. The second kappa shape index (κ2) is 5.63. The van der Waals surface area contributed by atoms with Gasteiger partial charge in [-0.3, -0.25) is 4.68 Å². The molecule has 3 unspecified atom stereocenters. The Balaban J connectivity index is 2.14. The fourth-order valence-electron chi connectivity index (χ4n) is 3.66. The molecule has 19 heavy (non-hydrogen) atoms. The van der Waals surface area contributed by atoms with Gasteiger partial charge >= 0.3 is 0 Å². The summed E-state index contributed by atoms with van der Waals surface area (Å²) in [4.78, 5) is 2.36. The summed E-state index contributed by atoms with van der Waals surface area (Å²) in [5.74, 6) is 0.774. The molecule has 1 aliphatic rings. The van der Waals surface area contributed by atoms with Crippen molar-refractivity contribution >= 4 is 0 Å². The van der Waals surface area contributed by atoms with Crippen molar-refractivity contribution < 1.29 is 0 Å². The van der Waals surface area contributed by atoms with Crippen LogP contribution in [0.15, 0.2) is 12.4 Å². The number of nitrogens with two attached hydrogens (primary N) is 1. The van der Waals surface area contributed by atoms with Crippen LogP contribution in [0.25, 0.3) is 0 Å². The van der Waals surface area contributed by atoms with E-state index in [-0.39, 0.29) is 11.6 Å². The van der Waals surface area contributed by atoms with E-state index in [9.17, 15) is 0 Å². The largest absolute Gasteiger partial charge is 0.326 e. The number of aryl methyl sites for hydroxylation is 1. The average molecular weight is 264 g/mol. The van der Waals surface area contributed by atoms with Crippen LogP contribution in [0, 0.1) is 5.92 Å². The summed E-state index contributed by atoms with van der Waals surface area (Å²) in [5, 5.41) is 4.24. The zero-order valence-corrected chi connectivity index (χ0v) is 12.8. The van der Waals surface area contributed by atoms with Gasteiger partial charge in [0.1, 0.15) is 0 Å². The first-order valence-electron chi connectivity index (χ1n) is 7.34. The molecular formula is C15H28N4. The van der Waals surface area contributed by atoms with Crippen LogP contribution in [0.4, 0.5) is 0 Å². The standard InChI is InChI=1S/C15H28N4/c1-12-6-5-7-15(9-12,18(2)3)14(16)8-13-10-17-19(4)11-13/h10-12,14H,5-9,16H2,1-4H3. The Morgan fingerprint density at radius 1 is 1.58 bits per heavy atom. The van der Waals surface area contributed by atoms with E-state index in [1.807, 2.05) is 17.9 Å². The molecule has 0 radical (unpaired) electrons. The van der Waals surface area contributed by atoms with Crippen molar-refractivity contribution in [2.75, 3.05) is 14.1 Å². The van der Waals surface area contributed by atoms with Gasteiger partial charge in [0.25, 0.3) is 0 Å². The first-order chi connectivity index (χ1) is 8.94. The minimum atomic E-state index is 0.146. The van der Waals surface area contributed by atoms with Gasteiger partial charge in [-0.1, -0.05) is 19.8 Å². The second-order valence-corrected chi connectivity index (χ2v) is 6.53. The molecule has 4 nitrogen and oxygen atoms in total. The molecule has 4 heteroatoms. The summed E-state index contributed by atoms with van der Waals surface area (Å²) >= 11 is 0. The highest BCUT2D eigenvalue weighted by molar-refractivity contribution is 5.11. The van der Waals surface area contributed by atoms with E-state index in [1.165, 1.54) is 31.2 Å². The van der Waals surface area contributed by atoms with Crippen LogP contribution in [0.3, 0.4) is 0 Å². The van der Waals surface area contributed by atoms with Crippen molar-refractivity contribution in [3.05, 3.63) is 18.0 Å². The Hall–Kier alpha value is -0.870. The van der Waals surface area contributed by atoms with Gasteiger partial charge in [0, 0.05) is 24.8 Å². The molecule has 1 heterocycles. The zero-order chi connectivity index (χ0) is 14.0. The number of aromatic nitrogens is 2. The van der Waals surface area contributed by atoms with Gasteiger partial charge in [0.15, 0.2) is 0 Å². The molecule has 0 amide bonds. The van der Waals surface area contributed by atoms with E-state index >= 15 is 0 Å². The van der Waals surface area contributed by atoms with E-state index in [2.05, 4.69) is 37.2 Å². The molecule has 0 saturated heterocycles. The van der Waals surface area contributed by atoms with Crippen molar-refractivity contribution in [1.29, 1.82) is 0 Å². The van der Waals surface area contributed by atoms with Gasteiger partial charge < -0.3 is 10.6 Å². The molecular weight excluding hydrogens is 236 g/mol. The smallest absolute Gasteiger partial charge is 0.0522 e. The van der Waals surface area contributed by atoms with E-state index in [4.69, 9.17) is 5.73 Å². The van der Waals surface area contributed by atoms with Crippen LogP contribution in [-0.2, 0) is 13.5 Å². The molecule has 1 aromatic rings. The number of likely N-dealkylation sites (N-methyl/N-ethyl adjacent to an activating group) is 1. The van der Waals surface area contributed by atoms with Crippen LogP contribution in [0.1, 0.15) is 38.2 Å². The van der Waals surface area contributed by atoms with Crippen molar-refractivity contribution in [2.45, 2.75) is 50.6 Å². The maximum absolute atomic E-state index is 6.61. The molecule has 0 spiro atoms. The molecule has 1 aromatic heterocycles. The van der Waals surface area contributed by atoms with Crippen LogP contribution in [-0.4, -0.2) is 40.4 Å².